The third-order valence-corrected chi connectivity index (χ3v) is 5.97. The summed E-state index contributed by atoms with van der Waals surface area (Å²) in [5.41, 5.74) is 2.49. The van der Waals surface area contributed by atoms with E-state index in [2.05, 4.69) is 59.5 Å². The molecule has 2 aromatic rings. The topological polar surface area (TPSA) is 33.5 Å². The van der Waals surface area contributed by atoms with E-state index in [1.165, 1.54) is 24.0 Å². The maximum absolute atomic E-state index is 6.71. The molecule has 0 atom stereocenters. The Hall–Kier alpha value is -1.85. The maximum Gasteiger partial charge on any atom is 0.124 e. The number of fused-ring (bicyclic) bond motifs is 1. The molecule has 140 valence electrons. The van der Waals surface area contributed by atoms with Crippen LogP contribution < -0.4 is 4.74 Å². The van der Waals surface area contributed by atoms with Crippen molar-refractivity contribution in [2.24, 2.45) is 7.05 Å². The Kier molecular flexibility index (Phi) is 4.76. The molecule has 0 unspecified atom stereocenters. The van der Waals surface area contributed by atoms with Crippen LogP contribution in [0, 0.1) is 0 Å². The number of benzene rings is 1. The molecule has 2 aliphatic rings. The molecule has 26 heavy (non-hydrogen) atoms. The Balaban J connectivity index is 1.58. The number of aryl methyl sites for hydroxylation is 1. The number of ether oxygens (including phenoxy) is 1. The molecule has 0 N–H and O–H groups in total. The lowest BCUT2D eigenvalue weighted by Crippen LogP contribution is -2.50. The van der Waals surface area contributed by atoms with Gasteiger partial charge in [0.15, 0.2) is 0 Å². The Morgan fingerprint density at radius 3 is 2.69 bits per heavy atom. The fourth-order valence-electron chi connectivity index (χ4n) is 4.53. The van der Waals surface area contributed by atoms with E-state index >= 15 is 0 Å². The standard InChI is InChI=1S/C21H30N4O/c1-23(2)19-8-10-21(11-9-19)16-25(14-17-12-22-24(3)13-17)15-18-6-4-5-7-20(18)26-21/h4-7,12-13,19H,8-11,14-16H2,1-3H3. The van der Waals surface area contributed by atoms with E-state index in [4.69, 9.17) is 4.74 Å². The van der Waals surface area contributed by atoms with E-state index in [1.54, 1.807) is 0 Å². The Morgan fingerprint density at radius 2 is 2.00 bits per heavy atom. The van der Waals surface area contributed by atoms with Crippen molar-refractivity contribution in [3.63, 3.8) is 0 Å². The number of aromatic nitrogens is 2. The van der Waals surface area contributed by atoms with Gasteiger partial charge in [-0.05, 0) is 45.8 Å². The van der Waals surface area contributed by atoms with Gasteiger partial charge in [0, 0.05) is 50.0 Å². The van der Waals surface area contributed by atoms with Gasteiger partial charge in [-0.25, -0.2) is 0 Å². The summed E-state index contributed by atoms with van der Waals surface area (Å²) < 4.78 is 8.59. The highest BCUT2D eigenvalue weighted by Gasteiger charge is 2.41. The van der Waals surface area contributed by atoms with E-state index in [0.717, 1.165) is 38.2 Å². The molecule has 0 saturated heterocycles. The van der Waals surface area contributed by atoms with Crippen LogP contribution in [0.5, 0.6) is 5.75 Å². The van der Waals surface area contributed by atoms with Crippen LogP contribution in [-0.4, -0.2) is 51.9 Å². The molecule has 0 bridgehead atoms. The first kappa shape index (κ1) is 17.6. The molecule has 0 amide bonds. The largest absolute Gasteiger partial charge is 0.486 e. The lowest BCUT2D eigenvalue weighted by Gasteiger charge is -2.43. The molecule has 5 nitrogen and oxygen atoms in total. The number of hydrogen-bond acceptors (Lipinski definition) is 4. The lowest BCUT2D eigenvalue weighted by atomic mass is 9.81. The highest BCUT2D eigenvalue weighted by Crippen LogP contribution is 2.39. The van der Waals surface area contributed by atoms with Gasteiger partial charge in [-0.2, -0.15) is 5.10 Å². The average molecular weight is 354 g/mol. The van der Waals surface area contributed by atoms with Crippen molar-refractivity contribution in [2.75, 3.05) is 20.6 Å². The van der Waals surface area contributed by atoms with Gasteiger partial charge >= 0.3 is 0 Å². The normalized spacial score (nSPS) is 26.5. The summed E-state index contributed by atoms with van der Waals surface area (Å²) in [5.74, 6) is 1.07. The second-order valence-corrected chi connectivity index (χ2v) is 8.25. The van der Waals surface area contributed by atoms with Gasteiger partial charge in [-0.1, -0.05) is 18.2 Å². The molecule has 1 spiro atoms. The average Bonchev–Trinajstić information content (AvgIpc) is 2.94. The minimum absolute atomic E-state index is 0.0681. The van der Waals surface area contributed by atoms with Crippen LogP contribution in [0.1, 0.15) is 36.8 Å². The van der Waals surface area contributed by atoms with Crippen molar-refractivity contribution >= 4 is 0 Å². The predicted molar refractivity (Wildman–Crippen MR) is 103 cm³/mol. The Labute approximate surface area is 156 Å². The Morgan fingerprint density at radius 1 is 1.23 bits per heavy atom. The quantitative estimate of drug-likeness (QED) is 0.848. The molecular weight excluding hydrogens is 324 g/mol. The first-order valence-corrected chi connectivity index (χ1v) is 9.66. The van der Waals surface area contributed by atoms with E-state index in [0.29, 0.717) is 6.04 Å². The monoisotopic (exact) mass is 354 g/mol. The SMILES string of the molecule is CN(C)C1CCC2(CC1)CN(Cc1cnn(C)c1)Cc1ccccc1O2. The second-order valence-electron chi connectivity index (χ2n) is 8.25. The molecule has 1 aromatic carbocycles. The third-order valence-electron chi connectivity index (χ3n) is 5.97. The zero-order valence-electron chi connectivity index (χ0n) is 16.2. The van der Waals surface area contributed by atoms with E-state index < -0.39 is 0 Å². The molecule has 4 rings (SSSR count). The summed E-state index contributed by atoms with van der Waals surface area (Å²) in [4.78, 5) is 4.91. The Bertz CT molecular complexity index is 746. The van der Waals surface area contributed by atoms with E-state index in [1.807, 2.05) is 17.9 Å². The summed E-state index contributed by atoms with van der Waals surface area (Å²) in [6, 6.07) is 9.23. The predicted octanol–water partition coefficient (Wildman–Crippen LogP) is 3.06. The minimum atomic E-state index is -0.0681. The maximum atomic E-state index is 6.71. The number of nitrogens with zero attached hydrogens (tertiary/aromatic N) is 4. The zero-order valence-corrected chi connectivity index (χ0v) is 16.2. The van der Waals surface area contributed by atoms with Gasteiger partial charge in [-0.15, -0.1) is 0 Å². The van der Waals surface area contributed by atoms with E-state index in [-0.39, 0.29) is 5.60 Å². The van der Waals surface area contributed by atoms with Crippen LogP contribution >= 0.6 is 0 Å². The van der Waals surface area contributed by atoms with Crippen molar-refractivity contribution in [3.05, 3.63) is 47.8 Å². The summed E-state index contributed by atoms with van der Waals surface area (Å²) in [6.45, 7) is 2.84. The number of rotatable bonds is 3. The highest BCUT2D eigenvalue weighted by atomic mass is 16.5. The third kappa shape index (κ3) is 3.64. The van der Waals surface area contributed by atoms with Gasteiger partial charge in [0.05, 0.1) is 6.20 Å². The van der Waals surface area contributed by atoms with Crippen molar-refractivity contribution < 1.29 is 4.74 Å². The first-order chi connectivity index (χ1) is 12.5. The molecule has 0 radical (unpaired) electrons. The lowest BCUT2D eigenvalue weighted by molar-refractivity contribution is -0.0135. The summed E-state index contributed by atoms with van der Waals surface area (Å²) in [6.07, 6.45) is 8.74. The zero-order chi connectivity index (χ0) is 18.1. The highest BCUT2D eigenvalue weighted by molar-refractivity contribution is 5.35. The molecule has 1 aromatic heterocycles. The molecule has 1 aliphatic carbocycles. The summed E-state index contributed by atoms with van der Waals surface area (Å²) in [7, 11) is 6.37. The smallest absolute Gasteiger partial charge is 0.124 e. The molecule has 1 aliphatic heterocycles. The van der Waals surface area contributed by atoms with Crippen LogP contribution in [-0.2, 0) is 20.1 Å². The number of hydrogen-bond donors (Lipinski definition) is 0. The molecule has 1 fully saturated rings. The van der Waals surface area contributed by atoms with Crippen LogP contribution in [0.3, 0.4) is 0 Å². The summed E-state index contributed by atoms with van der Waals surface area (Å²) in [5, 5.41) is 4.34. The van der Waals surface area contributed by atoms with Gasteiger partial charge in [0.2, 0.25) is 0 Å². The van der Waals surface area contributed by atoms with Gasteiger partial charge in [-0.3, -0.25) is 9.58 Å². The van der Waals surface area contributed by atoms with Gasteiger partial charge in [0.1, 0.15) is 11.4 Å². The van der Waals surface area contributed by atoms with Crippen LogP contribution in [0.15, 0.2) is 36.7 Å². The van der Waals surface area contributed by atoms with Gasteiger partial charge in [0.25, 0.3) is 0 Å². The minimum Gasteiger partial charge on any atom is -0.486 e. The van der Waals surface area contributed by atoms with Crippen LogP contribution in [0.25, 0.3) is 0 Å². The fraction of sp³-hybridized carbons (Fsp3) is 0.571. The molecule has 5 heteroatoms. The second kappa shape index (κ2) is 7.05. The molecular formula is C21H30N4O. The van der Waals surface area contributed by atoms with Crippen molar-refractivity contribution in [1.29, 1.82) is 0 Å². The van der Waals surface area contributed by atoms with Gasteiger partial charge < -0.3 is 9.64 Å². The van der Waals surface area contributed by atoms with E-state index in [9.17, 15) is 0 Å². The van der Waals surface area contributed by atoms with Crippen LogP contribution in [0.2, 0.25) is 0 Å². The fourth-order valence-corrected chi connectivity index (χ4v) is 4.53. The molecule has 2 heterocycles. The van der Waals surface area contributed by atoms with Crippen molar-refractivity contribution in [2.45, 2.75) is 50.4 Å². The summed E-state index contributed by atoms with van der Waals surface area (Å²) >= 11 is 0. The van der Waals surface area contributed by atoms with Crippen LogP contribution in [0.4, 0.5) is 0 Å². The first-order valence-electron chi connectivity index (χ1n) is 9.66. The number of para-hydroxylation sites is 1. The molecule has 1 saturated carbocycles. The van der Waals surface area contributed by atoms with Crippen molar-refractivity contribution in [1.82, 2.24) is 19.6 Å². The van der Waals surface area contributed by atoms with Crippen molar-refractivity contribution in [3.8, 4) is 5.75 Å².